The second-order valence-electron chi connectivity index (χ2n) is 3.56. The lowest BCUT2D eigenvalue weighted by molar-refractivity contribution is 0.0133. The van der Waals surface area contributed by atoms with Crippen LogP contribution in [0.3, 0.4) is 0 Å². The van der Waals surface area contributed by atoms with Crippen LogP contribution >= 0.6 is 0 Å². The molecule has 0 aromatic rings. The van der Waals surface area contributed by atoms with Gasteiger partial charge in [0.15, 0.2) is 5.96 Å². The fourth-order valence-corrected chi connectivity index (χ4v) is 1.58. The van der Waals surface area contributed by atoms with Crippen molar-refractivity contribution in [2.45, 2.75) is 18.6 Å². The highest BCUT2D eigenvalue weighted by Crippen LogP contribution is 2.18. The Morgan fingerprint density at radius 3 is 2.56 bits per heavy atom. The van der Waals surface area contributed by atoms with Gasteiger partial charge >= 0.3 is 0 Å². The van der Waals surface area contributed by atoms with Crippen LogP contribution in [-0.4, -0.2) is 38.9 Å². The minimum Gasteiger partial charge on any atom is -0.374 e. The van der Waals surface area contributed by atoms with Gasteiger partial charge in [-0.05, 0) is 18.1 Å². The molecule has 5 nitrogen and oxygen atoms in total. The quantitative estimate of drug-likeness (QED) is 0.516. The topological polar surface area (TPSA) is 82.9 Å². The lowest BCUT2D eigenvalue weighted by Crippen LogP contribution is -2.28. The molecule has 0 spiro atoms. The van der Waals surface area contributed by atoms with Crippen LogP contribution < -0.4 is 11.5 Å². The van der Waals surface area contributed by atoms with Crippen LogP contribution in [0.2, 0.25) is 0 Å². The van der Waals surface area contributed by atoms with E-state index in [1.54, 1.807) is 14.2 Å². The van der Waals surface area contributed by atoms with Crippen molar-refractivity contribution in [2.75, 3.05) is 20.8 Å². The van der Waals surface area contributed by atoms with Gasteiger partial charge in [-0.3, -0.25) is 4.99 Å². The van der Waals surface area contributed by atoms with E-state index in [4.69, 9.17) is 20.9 Å². The normalized spacial score (nSPS) is 24.0. The summed E-state index contributed by atoms with van der Waals surface area (Å²) < 4.78 is 10.6. The molecular weight excluding hydrogens is 206 g/mol. The van der Waals surface area contributed by atoms with E-state index >= 15 is 0 Å². The van der Waals surface area contributed by atoms with Crippen molar-refractivity contribution >= 4 is 5.96 Å². The fourth-order valence-electron chi connectivity index (χ4n) is 1.58. The molecular formula is C11H19N3O2. The van der Waals surface area contributed by atoms with Gasteiger partial charge in [0.1, 0.15) is 12.2 Å². The summed E-state index contributed by atoms with van der Waals surface area (Å²) in [5.74, 6) is 0.124. The van der Waals surface area contributed by atoms with Crippen molar-refractivity contribution in [3.8, 4) is 0 Å². The molecule has 4 N–H and O–H groups in total. The highest BCUT2D eigenvalue weighted by atomic mass is 16.5. The van der Waals surface area contributed by atoms with Crippen LogP contribution in [0.1, 0.15) is 6.42 Å². The molecule has 0 bridgehead atoms. The van der Waals surface area contributed by atoms with Gasteiger partial charge < -0.3 is 20.9 Å². The molecule has 1 rings (SSSR count). The van der Waals surface area contributed by atoms with E-state index in [2.05, 4.69) is 4.99 Å². The number of methoxy groups -OCH3 is 2. The molecule has 0 fully saturated rings. The Bertz CT molecular complexity index is 306. The van der Waals surface area contributed by atoms with Gasteiger partial charge in [0.05, 0.1) is 0 Å². The molecule has 0 radical (unpaired) electrons. The van der Waals surface area contributed by atoms with E-state index in [1.807, 2.05) is 18.2 Å². The van der Waals surface area contributed by atoms with E-state index < -0.39 is 0 Å². The molecule has 90 valence electrons. The highest BCUT2D eigenvalue weighted by Gasteiger charge is 2.19. The summed E-state index contributed by atoms with van der Waals surface area (Å²) in [6.07, 6.45) is 6.78. The first kappa shape index (κ1) is 12.7. The van der Waals surface area contributed by atoms with Crippen molar-refractivity contribution in [3.63, 3.8) is 0 Å². The van der Waals surface area contributed by atoms with Crippen molar-refractivity contribution in [3.05, 3.63) is 23.8 Å². The van der Waals surface area contributed by atoms with Gasteiger partial charge in [0, 0.05) is 20.8 Å². The molecule has 0 amide bonds. The summed E-state index contributed by atoms with van der Waals surface area (Å²) in [6.45, 7) is 0.590. The minimum absolute atomic E-state index is 0.0168. The molecule has 0 heterocycles. The Balaban J connectivity index is 2.53. The number of rotatable bonds is 5. The molecule has 1 aliphatic carbocycles. The Morgan fingerprint density at radius 1 is 1.31 bits per heavy atom. The van der Waals surface area contributed by atoms with Gasteiger partial charge in [-0.25, -0.2) is 0 Å². The van der Waals surface area contributed by atoms with Crippen molar-refractivity contribution in [1.29, 1.82) is 0 Å². The third-order valence-corrected chi connectivity index (χ3v) is 2.44. The first-order valence-corrected chi connectivity index (χ1v) is 5.17. The lowest BCUT2D eigenvalue weighted by Gasteiger charge is -2.23. The van der Waals surface area contributed by atoms with Crippen molar-refractivity contribution in [2.24, 2.45) is 16.5 Å². The monoisotopic (exact) mass is 225 g/mol. The van der Waals surface area contributed by atoms with Gasteiger partial charge in [-0.2, -0.15) is 0 Å². The Labute approximate surface area is 95.8 Å². The Kier molecular flexibility index (Phi) is 5.01. The number of ether oxygens (including phenoxy) is 2. The van der Waals surface area contributed by atoms with Crippen molar-refractivity contribution in [1.82, 2.24) is 0 Å². The van der Waals surface area contributed by atoms with Crippen LogP contribution in [0.25, 0.3) is 0 Å². The maximum Gasteiger partial charge on any atom is 0.185 e. The third kappa shape index (κ3) is 3.67. The number of allylic oxidation sites excluding steroid dienone is 1. The summed E-state index contributed by atoms with van der Waals surface area (Å²) in [6, 6.07) is 0. The average Bonchev–Trinajstić information content (AvgIpc) is 2.28. The zero-order chi connectivity index (χ0) is 12.0. The average molecular weight is 225 g/mol. The number of guanidine groups is 1. The first-order chi connectivity index (χ1) is 7.67. The van der Waals surface area contributed by atoms with E-state index in [-0.39, 0.29) is 18.2 Å². The van der Waals surface area contributed by atoms with Crippen molar-refractivity contribution < 1.29 is 9.47 Å². The van der Waals surface area contributed by atoms with E-state index in [0.29, 0.717) is 6.54 Å². The lowest BCUT2D eigenvalue weighted by atomic mass is 10.00. The maximum absolute atomic E-state index is 5.31. The number of hydrogen-bond donors (Lipinski definition) is 2. The SMILES string of the molecule is COC1C=CC(CCN=C(N)N)=CC1OC. The van der Waals surface area contributed by atoms with E-state index in [1.165, 1.54) is 0 Å². The van der Waals surface area contributed by atoms with Gasteiger partial charge in [-0.15, -0.1) is 0 Å². The zero-order valence-corrected chi connectivity index (χ0v) is 9.72. The molecule has 0 aromatic heterocycles. The van der Waals surface area contributed by atoms with Crippen LogP contribution in [-0.2, 0) is 9.47 Å². The molecule has 1 aliphatic rings. The standard InChI is InChI=1S/C11H19N3O2/c1-15-9-4-3-8(7-10(9)16-2)5-6-14-11(12)13/h3-4,7,9-10H,5-6H2,1-2H3,(H4,12,13,14). The Hall–Kier alpha value is -1.33. The smallest absolute Gasteiger partial charge is 0.185 e. The second kappa shape index (κ2) is 6.30. The molecule has 0 aromatic carbocycles. The molecule has 2 atom stereocenters. The van der Waals surface area contributed by atoms with Gasteiger partial charge in [0.2, 0.25) is 0 Å². The van der Waals surface area contributed by atoms with E-state index in [0.717, 1.165) is 12.0 Å². The summed E-state index contributed by atoms with van der Waals surface area (Å²) in [5, 5.41) is 0. The predicted octanol–water partition coefficient (Wildman–Crippen LogP) is 0.176. The Morgan fingerprint density at radius 2 is 2.00 bits per heavy atom. The largest absolute Gasteiger partial charge is 0.374 e. The minimum atomic E-state index is -0.0378. The van der Waals surface area contributed by atoms with Crippen LogP contribution in [0, 0.1) is 0 Å². The fraction of sp³-hybridized carbons (Fsp3) is 0.545. The number of hydrogen-bond acceptors (Lipinski definition) is 3. The molecule has 5 heteroatoms. The summed E-state index contributed by atoms with van der Waals surface area (Å²) in [7, 11) is 3.33. The van der Waals surface area contributed by atoms with Crippen LogP contribution in [0.4, 0.5) is 0 Å². The zero-order valence-electron chi connectivity index (χ0n) is 9.72. The first-order valence-electron chi connectivity index (χ1n) is 5.17. The maximum atomic E-state index is 5.31. The third-order valence-electron chi connectivity index (χ3n) is 2.44. The number of aliphatic imine (C=N–C) groups is 1. The van der Waals surface area contributed by atoms with Gasteiger partial charge in [-0.1, -0.05) is 12.2 Å². The summed E-state index contributed by atoms with van der Waals surface area (Å²) in [5.41, 5.74) is 11.7. The highest BCUT2D eigenvalue weighted by molar-refractivity contribution is 5.75. The van der Waals surface area contributed by atoms with Crippen LogP contribution in [0.15, 0.2) is 28.8 Å². The number of nitrogens with two attached hydrogens (primary N) is 2. The predicted molar refractivity (Wildman–Crippen MR) is 64.1 cm³/mol. The molecule has 2 unspecified atom stereocenters. The molecule has 0 saturated heterocycles. The van der Waals surface area contributed by atoms with E-state index in [9.17, 15) is 0 Å². The van der Waals surface area contributed by atoms with Gasteiger partial charge in [0.25, 0.3) is 0 Å². The number of nitrogens with zero attached hydrogens (tertiary/aromatic N) is 1. The summed E-state index contributed by atoms with van der Waals surface area (Å²) in [4.78, 5) is 3.93. The van der Waals surface area contributed by atoms with Crippen LogP contribution in [0.5, 0.6) is 0 Å². The second-order valence-corrected chi connectivity index (χ2v) is 3.56. The molecule has 16 heavy (non-hydrogen) atoms. The molecule has 0 aliphatic heterocycles. The molecule has 0 saturated carbocycles. The summed E-state index contributed by atoms with van der Waals surface area (Å²) >= 11 is 0.